The predicted molar refractivity (Wildman–Crippen MR) is 58.0 cm³/mol. The SMILES string of the molecule is O=c1[nH]cnc(O)c1Oc1ccccc1Cl. The second kappa shape index (κ2) is 4.24. The van der Waals surface area contributed by atoms with Crippen molar-refractivity contribution in [1.82, 2.24) is 9.97 Å². The minimum atomic E-state index is -0.576. The van der Waals surface area contributed by atoms with Gasteiger partial charge in [-0.2, -0.15) is 0 Å². The molecule has 0 aliphatic rings. The molecule has 0 atom stereocenters. The number of H-pyrrole nitrogens is 1. The first kappa shape index (κ1) is 10.5. The van der Waals surface area contributed by atoms with E-state index in [1.54, 1.807) is 24.3 Å². The van der Waals surface area contributed by atoms with Crippen LogP contribution in [0.25, 0.3) is 0 Å². The average Bonchev–Trinajstić information content (AvgIpc) is 2.26. The van der Waals surface area contributed by atoms with Gasteiger partial charge in [-0.05, 0) is 12.1 Å². The minimum Gasteiger partial charge on any atom is -0.490 e. The Bertz CT molecular complexity index is 568. The first-order chi connectivity index (χ1) is 7.68. The van der Waals surface area contributed by atoms with Crippen molar-refractivity contribution in [3.8, 4) is 17.4 Å². The van der Waals surface area contributed by atoms with Crippen LogP contribution in [0.4, 0.5) is 0 Å². The number of hydrogen-bond acceptors (Lipinski definition) is 4. The fourth-order valence-corrected chi connectivity index (χ4v) is 1.28. The van der Waals surface area contributed by atoms with Crippen molar-refractivity contribution in [2.75, 3.05) is 0 Å². The lowest BCUT2D eigenvalue weighted by atomic mass is 10.3. The van der Waals surface area contributed by atoms with Crippen LogP contribution in [0.2, 0.25) is 5.02 Å². The lowest BCUT2D eigenvalue weighted by molar-refractivity contribution is 0.389. The van der Waals surface area contributed by atoms with Crippen LogP contribution in [0.1, 0.15) is 0 Å². The number of aromatic nitrogens is 2. The topological polar surface area (TPSA) is 75.2 Å². The first-order valence-electron chi connectivity index (χ1n) is 4.37. The molecule has 0 bridgehead atoms. The molecule has 0 aliphatic carbocycles. The lowest BCUT2D eigenvalue weighted by Gasteiger charge is -2.06. The smallest absolute Gasteiger partial charge is 0.297 e. The minimum absolute atomic E-state index is 0.276. The van der Waals surface area contributed by atoms with Gasteiger partial charge in [-0.3, -0.25) is 4.79 Å². The summed E-state index contributed by atoms with van der Waals surface area (Å²) in [7, 11) is 0. The maximum atomic E-state index is 11.3. The number of benzene rings is 1. The standard InChI is InChI=1S/C10H7ClN2O3/c11-6-3-1-2-4-7(6)16-8-9(14)12-5-13-10(8)15/h1-5H,(H2,12,13,14,15). The summed E-state index contributed by atoms with van der Waals surface area (Å²) in [5.74, 6) is -0.489. The highest BCUT2D eigenvalue weighted by atomic mass is 35.5. The molecule has 0 spiro atoms. The van der Waals surface area contributed by atoms with E-state index in [1.165, 1.54) is 0 Å². The van der Waals surface area contributed by atoms with Gasteiger partial charge >= 0.3 is 0 Å². The Morgan fingerprint density at radius 1 is 1.38 bits per heavy atom. The van der Waals surface area contributed by atoms with Gasteiger partial charge in [0.15, 0.2) is 0 Å². The highest BCUT2D eigenvalue weighted by Gasteiger charge is 2.11. The van der Waals surface area contributed by atoms with Gasteiger partial charge in [0, 0.05) is 0 Å². The van der Waals surface area contributed by atoms with Crippen LogP contribution in [0.15, 0.2) is 35.4 Å². The van der Waals surface area contributed by atoms with Crippen LogP contribution < -0.4 is 10.3 Å². The zero-order chi connectivity index (χ0) is 11.5. The average molecular weight is 239 g/mol. The Kier molecular flexibility index (Phi) is 2.78. The molecule has 1 heterocycles. The van der Waals surface area contributed by atoms with Gasteiger partial charge < -0.3 is 14.8 Å². The third-order valence-corrected chi connectivity index (χ3v) is 2.15. The first-order valence-corrected chi connectivity index (χ1v) is 4.75. The van der Waals surface area contributed by atoms with Gasteiger partial charge in [-0.25, -0.2) is 4.98 Å². The molecule has 0 aliphatic heterocycles. The van der Waals surface area contributed by atoms with Gasteiger partial charge in [-0.1, -0.05) is 23.7 Å². The Morgan fingerprint density at radius 3 is 2.81 bits per heavy atom. The van der Waals surface area contributed by atoms with Crippen LogP contribution >= 0.6 is 11.6 Å². The number of nitrogens with one attached hydrogen (secondary N) is 1. The van der Waals surface area contributed by atoms with E-state index in [-0.39, 0.29) is 11.5 Å². The van der Waals surface area contributed by atoms with Gasteiger partial charge in [0.25, 0.3) is 17.2 Å². The molecule has 2 rings (SSSR count). The van der Waals surface area contributed by atoms with Crippen LogP contribution in [0, 0.1) is 0 Å². The summed E-state index contributed by atoms with van der Waals surface area (Å²) in [5.41, 5.74) is -0.576. The summed E-state index contributed by atoms with van der Waals surface area (Å²) in [6.07, 6.45) is 1.08. The Hall–Kier alpha value is -2.01. The fraction of sp³-hybridized carbons (Fsp3) is 0. The van der Waals surface area contributed by atoms with Crippen LogP contribution in [0.3, 0.4) is 0 Å². The normalized spacial score (nSPS) is 10.1. The van der Waals surface area contributed by atoms with Crippen LogP contribution in [-0.2, 0) is 0 Å². The summed E-state index contributed by atoms with van der Waals surface area (Å²) in [6.45, 7) is 0. The zero-order valence-electron chi connectivity index (χ0n) is 7.98. The van der Waals surface area contributed by atoms with Crippen molar-refractivity contribution in [3.63, 3.8) is 0 Å². The van der Waals surface area contributed by atoms with Crippen molar-refractivity contribution < 1.29 is 9.84 Å². The molecule has 0 fully saturated rings. The van der Waals surface area contributed by atoms with E-state index in [4.69, 9.17) is 16.3 Å². The summed E-state index contributed by atoms with van der Waals surface area (Å²) >= 11 is 5.84. The molecule has 1 aromatic heterocycles. The largest absolute Gasteiger partial charge is 0.490 e. The molecule has 82 valence electrons. The monoisotopic (exact) mass is 238 g/mol. The number of ether oxygens (including phenoxy) is 1. The molecule has 0 saturated carbocycles. The molecule has 0 saturated heterocycles. The second-order valence-electron chi connectivity index (χ2n) is 2.92. The number of para-hydroxylation sites is 1. The van der Waals surface area contributed by atoms with Crippen molar-refractivity contribution in [1.29, 1.82) is 0 Å². The number of nitrogens with zero attached hydrogens (tertiary/aromatic N) is 1. The van der Waals surface area contributed by atoms with Gasteiger partial charge in [0.2, 0.25) is 0 Å². The molecule has 6 heteroatoms. The Morgan fingerprint density at radius 2 is 2.12 bits per heavy atom. The van der Waals surface area contributed by atoms with Crippen molar-refractivity contribution in [3.05, 3.63) is 46.0 Å². The van der Waals surface area contributed by atoms with Gasteiger partial charge in [0.1, 0.15) is 5.75 Å². The van der Waals surface area contributed by atoms with E-state index in [1.807, 2.05) is 0 Å². The quantitative estimate of drug-likeness (QED) is 0.838. The number of rotatable bonds is 2. The third kappa shape index (κ3) is 1.99. The third-order valence-electron chi connectivity index (χ3n) is 1.84. The molecule has 1 aromatic carbocycles. The van der Waals surface area contributed by atoms with E-state index in [9.17, 15) is 9.90 Å². The van der Waals surface area contributed by atoms with E-state index in [2.05, 4.69) is 9.97 Å². The summed E-state index contributed by atoms with van der Waals surface area (Å²) in [6, 6.07) is 6.61. The van der Waals surface area contributed by atoms with Crippen molar-refractivity contribution in [2.45, 2.75) is 0 Å². The highest BCUT2D eigenvalue weighted by molar-refractivity contribution is 6.32. The molecule has 2 N–H and O–H groups in total. The number of halogens is 1. The molecule has 5 nitrogen and oxygen atoms in total. The Labute approximate surface area is 95.3 Å². The number of aromatic hydroxyl groups is 1. The van der Waals surface area contributed by atoms with E-state index >= 15 is 0 Å². The van der Waals surface area contributed by atoms with Crippen molar-refractivity contribution >= 4 is 11.6 Å². The lowest BCUT2D eigenvalue weighted by Crippen LogP contribution is -2.08. The molecular weight excluding hydrogens is 232 g/mol. The second-order valence-corrected chi connectivity index (χ2v) is 3.32. The van der Waals surface area contributed by atoms with E-state index < -0.39 is 11.4 Å². The highest BCUT2D eigenvalue weighted by Crippen LogP contribution is 2.29. The summed E-state index contributed by atoms with van der Waals surface area (Å²) in [5, 5.41) is 9.68. The van der Waals surface area contributed by atoms with Crippen LogP contribution in [0.5, 0.6) is 17.4 Å². The Balaban J connectivity index is 2.42. The molecule has 16 heavy (non-hydrogen) atoms. The maximum Gasteiger partial charge on any atom is 0.297 e. The molecule has 0 unspecified atom stereocenters. The molecular formula is C10H7ClN2O3. The summed E-state index contributed by atoms with van der Waals surface area (Å²) in [4.78, 5) is 17.1. The molecule has 0 amide bonds. The van der Waals surface area contributed by atoms with Gasteiger partial charge in [-0.15, -0.1) is 0 Å². The number of aromatic amines is 1. The van der Waals surface area contributed by atoms with Crippen molar-refractivity contribution in [2.24, 2.45) is 0 Å². The number of hydrogen-bond donors (Lipinski definition) is 2. The molecule has 0 radical (unpaired) electrons. The maximum absolute atomic E-state index is 11.3. The fourth-order valence-electron chi connectivity index (χ4n) is 1.11. The summed E-state index contributed by atoms with van der Waals surface area (Å²) < 4.78 is 5.18. The van der Waals surface area contributed by atoms with E-state index in [0.717, 1.165) is 6.33 Å². The zero-order valence-corrected chi connectivity index (χ0v) is 8.73. The van der Waals surface area contributed by atoms with Crippen LogP contribution in [-0.4, -0.2) is 15.1 Å². The van der Waals surface area contributed by atoms with E-state index in [0.29, 0.717) is 5.02 Å². The van der Waals surface area contributed by atoms with Gasteiger partial charge in [0.05, 0.1) is 11.3 Å². The molecule has 2 aromatic rings. The predicted octanol–water partition coefficient (Wildman–Crippen LogP) is 1.92.